The van der Waals surface area contributed by atoms with Gasteiger partial charge in [0.2, 0.25) is 0 Å². The lowest BCUT2D eigenvalue weighted by atomic mass is 9.99. The number of benzene rings is 9. The normalized spacial score (nSPS) is 13.6. The Hall–Kier alpha value is -7.20. The van der Waals surface area contributed by atoms with Crippen molar-refractivity contribution in [3.8, 4) is 44.8 Å². The van der Waals surface area contributed by atoms with Gasteiger partial charge in [-0.1, -0.05) is 133 Å². The summed E-state index contributed by atoms with van der Waals surface area (Å²) in [6.07, 6.45) is 0. The maximum atomic E-state index is 9.94. The molecule has 0 spiro atoms. The summed E-state index contributed by atoms with van der Waals surface area (Å²) < 4.78 is 71.2. The lowest BCUT2D eigenvalue weighted by Crippen LogP contribution is -1.94. The number of nitrogens with zero attached hydrogens (tertiary/aromatic N) is 2. The Bertz CT molecular complexity index is 3910. The molecule has 3 aromatic heterocycles. The van der Waals surface area contributed by atoms with E-state index in [0.717, 1.165) is 69.9 Å². The van der Waals surface area contributed by atoms with Crippen molar-refractivity contribution in [3.05, 3.63) is 206 Å². The first-order valence-corrected chi connectivity index (χ1v) is 19.8. The van der Waals surface area contributed by atoms with Crippen LogP contribution in [-0.2, 0) is 0 Å². The van der Waals surface area contributed by atoms with Crippen molar-refractivity contribution in [2.75, 3.05) is 0 Å². The van der Waals surface area contributed by atoms with Gasteiger partial charge in [0.05, 0.1) is 31.7 Å². The van der Waals surface area contributed by atoms with Crippen LogP contribution in [0.3, 0.4) is 0 Å². The Kier molecular flexibility index (Phi) is 5.74. The van der Waals surface area contributed by atoms with Gasteiger partial charge in [0, 0.05) is 53.1 Å². The molecule has 0 unspecified atom stereocenters. The molecule has 3 heterocycles. The summed E-state index contributed by atoms with van der Waals surface area (Å²) in [6, 6.07) is 53.6. The molecule has 0 atom stereocenters. The van der Waals surface area contributed by atoms with E-state index in [1.807, 2.05) is 84.9 Å². The molecule has 266 valence electrons. The Balaban J connectivity index is 1.12. The summed E-state index contributed by atoms with van der Waals surface area (Å²) in [7, 11) is 0. The van der Waals surface area contributed by atoms with Gasteiger partial charge < -0.3 is 9.13 Å². The molecule has 0 radical (unpaired) electrons. The van der Waals surface area contributed by atoms with E-state index in [4.69, 9.17) is 2.74 Å². The number of aromatic nitrogens is 2. The maximum absolute atomic E-state index is 9.94. The van der Waals surface area contributed by atoms with Crippen LogP contribution in [0.4, 0.5) is 0 Å². The molecule has 0 aliphatic heterocycles. The van der Waals surface area contributed by atoms with Gasteiger partial charge in [0.15, 0.2) is 0 Å². The van der Waals surface area contributed by atoms with Crippen molar-refractivity contribution in [2.45, 2.75) is 0 Å². The van der Waals surface area contributed by atoms with Crippen LogP contribution in [-0.4, -0.2) is 9.13 Å². The second-order valence-corrected chi connectivity index (χ2v) is 15.5. The lowest BCUT2D eigenvalue weighted by molar-refractivity contribution is 1.18. The average Bonchev–Trinajstić information content (AvgIpc) is 4.00. The predicted octanol–water partition coefficient (Wildman–Crippen LogP) is 15.2. The smallest absolute Gasteiger partial charge is 0.0645 e. The second-order valence-electron chi connectivity index (χ2n) is 14.4. The third-order valence-electron chi connectivity index (χ3n) is 11.2. The first-order valence-electron chi connectivity index (χ1n) is 22.4. The van der Waals surface area contributed by atoms with E-state index in [2.05, 4.69) is 83.4 Å². The van der Waals surface area contributed by atoms with Crippen LogP contribution < -0.4 is 0 Å². The van der Waals surface area contributed by atoms with Gasteiger partial charge in [-0.15, -0.1) is 11.3 Å². The van der Waals surface area contributed by atoms with Crippen molar-refractivity contribution in [2.24, 2.45) is 0 Å². The largest absolute Gasteiger partial charge is 0.309 e. The van der Waals surface area contributed by atoms with Gasteiger partial charge in [-0.05, 0) is 106 Å². The number of fused-ring (bicyclic) bond motifs is 9. The topological polar surface area (TPSA) is 9.86 Å². The van der Waals surface area contributed by atoms with Crippen molar-refractivity contribution in [1.29, 1.82) is 0 Å². The van der Waals surface area contributed by atoms with Gasteiger partial charge in [0.25, 0.3) is 0 Å². The highest BCUT2D eigenvalue weighted by Gasteiger charge is 2.18. The molecule has 9 aromatic carbocycles. The Morgan fingerprint density at radius 1 is 0.333 bits per heavy atom. The third-order valence-corrected chi connectivity index (χ3v) is 12.3. The first kappa shape index (κ1) is 25.8. The van der Waals surface area contributed by atoms with Crippen molar-refractivity contribution in [1.82, 2.24) is 9.13 Å². The minimum absolute atomic E-state index is 0.0720. The number of rotatable bonds is 5. The zero-order valence-corrected chi connectivity index (χ0v) is 31.2. The average molecular weight is 750 g/mol. The van der Waals surface area contributed by atoms with Crippen LogP contribution in [0.5, 0.6) is 0 Å². The van der Waals surface area contributed by atoms with Crippen LogP contribution in [0, 0.1) is 0 Å². The third kappa shape index (κ3) is 5.10. The van der Waals surface area contributed by atoms with E-state index < -0.39 is 12.1 Å². The zero-order valence-electron chi connectivity index (χ0n) is 37.4. The molecular formula is C54H34N2S. The summed E-state index contributed by atoms with van der Waals surface area (Å²) in [6.45, 7) is 0. The molecule has 0 aliphatic rings. The molecule has 2 nitrogen and oxygen atoms in total. The highest BCUT2D eigenvalue weighted by Crippen LogP contribution is 2.41. The van der Waals surface area contributed by atoms with Gasteiger partial charge in [0.1, 0.15) is 0 Å². The Morgan fingerprint density at radius 2 is 0.895 bits per heavy atom. The minimum atomic E-state index is -0.417. The van der Waals surface area contributed by atoms with E-state index >= 15 is 0 Å². The van der Waals surface area contributed by atoms with E-state index in [-0.39, 0.29) is 57.6 Å². The van der Waals surface area contributed by atoms with E-state index in [1.54, 1.807) is 15.9 Å². The highest BCUT2D eigenvalue weighted by molar-refractivity contribution is 7.25. The molecular weight excluding hydrogens is 709 g/mol. The highest BCUT2D eigenvalue weighted by atomic mass is 32.1. The number of hydrogen-bond acceptors (Lipinski definition) is 1. The number of para-hydroxylation sites is 1. The van der Waals surface area contributed by atoms with Crippen molar-refractivity contribution in [3.63, 3.8) is 0 Å². The van der Waals surface area contributed by atoms with Gasteiger partial charge in [-0.2, -0.15) is 0 Å². The molecule has 3 heteroatoms. The van der Waals surface area contributed by atoms with Crippen LogP contribution in [0.25, 0.3) is 109 Å². The molecule has 0 bridgehead atoms. The fourth-order valence-corrected chi connectivity index (χ4v) is 9.61. The summed E-state index contributed by atoms with van der Waals surface area (Å²) in [5, 5.41) is 4.42. The van der Waals surface area contributed by atoms with E-state index in [1.165, 1.54) is 0 Å². The van der Waals surface area contributed by atoms with Gasteiger partial charge in [-0.25, -0.2) is 0 Å². The molecule has 12 aromatic rings. The van der Waals surface area contributed by atoms with E-state index in [0.29, 0.717) is 11.3 Å². The van der Waals surface area contributed by atoms with Crippen molar-refractivity contribution < 1.29 is 9.60 Å². The Labute approximate surface area is 343 Å². The van der Waals surface area contributed by atoms with Crippen LogP contribution in [0.2, 0.25) is 0 Å². The molecule has 12 rings (SSSR count). The Morgan fingerprint density at radius 3 is 1.65 bits per heavy atom. The predicted molar refractivity (Wildman–Crippen MR) is 244 cm³/mol. The van der Waals surface area contributed by atoms with Crippen molar-refractivity contribution >= 4 is 75.1 Å². The lowest BCUT2D eigenvalue weighted by Gasteiger charge is -2.10. The molecule has 0 fully saturated rings. The van der Waals surface area contributed by atoms with Crippen LogP contribution >= 0.6 is 11.3 Å². The first-order chi connectivity index (χ1) is 31.2. The van der Waals surface area contributed by atoms with Crippen LogP contribution in [0.1, 0.15) is 9.60 Å². The van der Waals surface area contributed by atoms with Gasteiger partial charge in [-0.3, -0.25) is 0 Å². The standard InChI is InChI=1S/C54H34N2S/c1-3-11-35(12-4-1)37-19-24-41(25-20-37)55-51-28-21-38(36-13-5-2-6-14-36)31-47(51)48-33-40(23-30-52(48)55)39-22-29-50-46(32-39)43-15-7-9-17-49(43)56(50)42-26-27-45-44-16-8-10-18-53(44)57-54(45)34-42/h1-34H/i7D,9D,15D,17D,22D,29D,32D. The SMILES string of the molecule is [2H]c1c([2H])c([2H])c2c(c1[2H])c1c([2H])c(-c3ccc4c(c3)c3cc(-c5ccccc5)ccc3n4-c3ccc(-c4ccccc4)cc3)c([2H])c([2H])c1n2-c1ccc2c(c1)sc1ccccc12. The summed E-state index contributed by atoms with van der Waals surface area (Å²) in [4.78, 5) is 0. The molecule has 0 N–H and O–H groups in total. The van der Waals surface area contributed by atoms with E-state index in [9.17, 15) is 6.85 Å². The minimum Gasteiger partial charge on any atom is -0.309 e. The molecule has 0 saturated heterocycles. The molecule has 0 amide bonds. The maximum Gasteiger partial charge on any atom is 0.0645 e. The summed E-state index contributed by atoms with van der Waals surface area (Å²) >= 11 is 1.62. The fraction of sp³-hybridized carbons (Fsp3) is 0. The molecule has 0 aliphatic carbocycles. The fourth-order valence-electron chi connectivity index (χ4n) is 8.47. The zero-order chi connectivity index (χ0) is 43.5. The van der Waals surface area contributed by atoms with Gasteiger partial charge >= 0.3 is 0 Å². The van der Waals surface area contributed by atoms with Crippen LogP contribution in [0.15, 0.2) is 206 Å². The molecule has 57 heavy (non-hydrogen) atoms. The molecule has 0 saturated carbocycles. The second kappa shape index (κ2) is 12.7. The number of thiophene rings is 1. The quantitative estimate of drug-likeness (QED) is 0.166. The summed E-state index contributed by atoms with van der Waals surface area (Å²) in [5.41, 5.74) is 9.01. The monoisotopic (exact) mass is 749 g/mol. The summed E-state index contributed by atoms with van der Waals surface area (Å²) in [5.74, 6) is 0. The number of hydrogen-bond donors (Lipinski definition) is 0.